The molecular formula is C9H11N5. The molecule has 0 bridgehead atoms. The molecule has 0 fully saturated rings. The average molecular weight is 189 g/mol. The van der Waals surface area contributed by atoms with E-state index in [2.05, 4.69) is 15.4 Å². The predicted octanol–water partition coefficient (Wildman–Crippen LogP) is 1.14. The maximum absolute atomic E-state index is 5.55. The second kappa shape index (κ2) is 3.37. The van der Waals surface area contributed by atoms with Crippen molar-refractivity contribution >= 4 is 17.5 Å². The van der Waals surface area contributed by atoms with Gasteiger partial charge < -0.3 is 11.1 Å². The summed E-state index contributed by atoms with van der Waals surface area (Å²) in [6.07, 6.45) is 1.72. The van der Waals surface area contributed by atoms with Gasteiger partial charge in [-0.05, 0) is 12.1 Å². The number of aryl methyl sites for hydroxylation is 1. The van der Waals surface area contributed by atoms with Crippen LogP contribution in [-0.4, -0.2) is 14.8 Å². The molecule has 3 N–H and O–H groups in total. The summed E-state index contributed by atoms with van der Waals surface area (Å²) in [7, 11) is 1.86. The number of aromatic nitrogens is 3. The lowest BCUT2D eigenvalue weighted by atomic mass is 10.4. The van der Waals surface area contributed by atoms with Gasteiger partial charge in [-0.15, -0.1) is 0 Å². The molecule has 0 spiro atoms. The summed E-state index contributed by atoms with van der Waals surface area (Å²) in [5.74, 6) is 2.09. The fraction of sp³-hybridized carbons (Fsp3) is 0.111. The Morgan fingerprint density at radius 2 is 2.21 bits per heavy atom. The van der Waals surface area contributed by atoms with Crippen molar-refractivity contribution in [2.75, 3.05) is 11.1 Å². The third-order valence-electron chi connectivity index (χ3n) is 1.85. The summed E-state index contributed by atoms with van der Waals surface area (Å²) in [5.41, 5.74) is 5.55. The first-order valence-corrected chi connectivity index (χ1v) is 4.23. The van der Waals surface area contributed by atoms with E-state index < -0.39 is 0 Å². The highest BCUT2D eigenvalue weighted by Crippen LogP contribution is 2.13. The summed E-state index contributed by atoms with van der Waals surface area (Å²) in [5, 5.41) is 7.13. The molecule has 2 rings (SSSR count). The van der Waals surface area contributed by atoms with Crippen molar-refractivity contribution in [3.8, 4) is 0 Å². The number of anilines is 3. The molecule has 0 atom stereocenters. The topological polar surface area (TPSA) is 68.8 Å². The van der Waals surface area contributed by atoms with Gasteiger partial charge in [-0.3, -0.25) is 4.68 Å². The quantitative estimate of drug-likeness (QED) is 0.743. The maximum Gasteiger partial charge on any atom is 0.133 e. The van der Waals surface area contributed by atoms with Gasteiger partial charge in [0.15, 0.2) is 0 Å². The second-order valence-corrected chi connectivity index (χ2v) is 2.91. The third kappa shape index (κ3) is 1.66. The average Bonchev–Trinajstić information content (AvgIpc) is 2.52. The molecular weight excluding hydrogens is 178 g/mol. The van der Waals surface area contributed by atoms with E-state index in [4.69, 9.17) is 5.73 Å². The predicted molar refractivity (Wildman–Crippen MR) is 55.1 cm³/mol. The minimum absolute atomic E-state index is 0.497. The highest BCUT2D eigenvalue weighted by atomic mass is 15.3. The molecule has 0 saturated carbocycles. The van der Waals surface area contributed by atoms with Crippen LogP contribution < -0.4 is 11.1 Å². The molecule has 0 amide bonds. The Labute approximate surface area is 81.6 Å². The molecule has 14 heavy (non-hydrogen) atoms. The zero-order valence-electron chi connectivity index (χ0n) is 7.81. The van der Waals surface area contributed by atoms with E-state index in [1.54, 1.807) is 16.9 Å². The Morgan fingerprint density at radius 1 is 1.36 bits per heavy atom. The SMILES string of the molecule is Cn1nccc1Nc1cccc(N)n1. The van der Waals surface area contributed by atoms with Crippen LogP contribution in [0.3, 0.4) is 0 Å². The number of hydrogen-bond donors (Lipinski definition) is 2. The van der Waals surface area contributed by atoms with Crippen LogP contribution in [0.25, 0.3) is 0 Å². The fourth-order valence-corrected chi connectivity index (χ4v) is 1.15. The van der Waals surface area contributed by atoms with Crippen molar-refractivity contribution in [3.63, 3.8) is 0 Å². The van der Waals surface area contributed by atoms with E-state index >= 15 is 0 Å². The molecule has 5 heteroatoms. The molecule has 72 valence electrons. The lowest BCUT2D eigenvalue weighted by Gasteiger charge is -2.05. The van der Waals surface area contributed by atoms with Gasteiger partial charge in [-0.25, -0.2) is 4.98 Å². The molecule has 0 aliphatic rings. The van der Waals surface area contributed by atoms with E-state index in [1.807, 2.05) is 25.2 Å². The molecule has 0 aromatic carbocycles. The molecule has 2 aromatic heterocycles. The van der Waals surface area contributed by atoms with Crippen LogP contribution in [0.4, 0.5) is 17.5 Å². The van der Waals surface area contributed by atoms with Crippen LogP contribution in [0, 0.1) is 0 Å². The minimum atomic E-state index is 0.497. The number of nitrogens with two attached hydrogens (primary N) is 1. The minimum Gasteiger partial charge on any atom is -0.384 e. The summed E-state index contributed by atoms with van der Waals surface area (Å²) in [4.78, 5) is 4.11. The largest absolute Gasteiger partial charge is 0.384 e. The Hall–Kier alpha value is -2.04. The van der Waals surface area contributed by atoms with Crippen molar-refractivity contribution < 1.29 is 0 Å². The van der Waals surface area contributed by atoms with Gasteiger partial charge in [0, 0.05) is 13.1 Å². The maximum atomic E-state index is 5.55. The Kier molecular flexibility index (Phi) is 2.06. The van der Waals surface area contributed by atoms with Gasteiger partial charge in [0.05, 0.1) is 6.20 Å². The van der Waals surface area contributed by atoms with Crippen LogP contribution in [0.1, 0.15) is 0 Å². The van der Waals surface area contributed by atoms with E-state index in [1.165, 1.54) is 0 Å². The first kappa shape index (κ1) is 8.55. The van der Waals surface area contributed by atoms with E-state index in [9.17, 15) is 0 Å². The van der Waals surface area contributed by atoms with Gasteiger partial charge in [-0.1, -0.05) is 6.07 Å². The van der Waals surface area contributed by atoms with E-state index in [0.717, 1.165) is 5.82 Å². The monoisotopic (exact) mass is 189 g/mol. The Bertz CT molecular complexity index is 434. The lowest BCUT2D eigenvalue weighted by Crippen LogP contribution is -2.01. The van der Waals surface area contributed by atoms with Crippen molar-refractivity contribution in [2.45, 2.75) is 0 Å². The van der Waals surface area contributed by atoms with Crippen LogP contribution in [-0.2, 0) is 7.05 Å². The summed E-state index contributed by atoms with van der Waals surface area (Å²) < 4.78 is 1.73. The van der Waals surface area contributed by atoms with Gasteiger partial charge in [0.25, 0.3) is 0 Å². The molecule has 0 aliphatic heterocycles. The number of nitrogens with one attached hydrogen (secondary N) is 1. The normalized spacial score (nSPS) is 10.1. The van der Waals surface area contributed by atoms with Crippen LogP contribution >= 0.6 is 0 Å². The van der Waals surface area contributed by atoms with Crippen LogP contribution in [0.5, 0.6) is 0 Å². The Morgan fingerprint density at radius 3 is 2.86 bits per heavy atom. The number of nitrogens with zero attached hydrogens (tertiary/aromatic N) is 3. The zero-order chi connectivity index (χ0) is 9.97. The zero-order valence-corrected chi connectivity index (χ0v) is 7.81. The van der Waals surface area contributed by atoms with Crippen molar-refractivity contribution in [3.05, 3.63) is 30.5 Å². The van der Waals surface area contributed by atoms with Gasteiger partial charge in [0.2, 0.25) is 0 Å². The number of pyridine rings is 1. The summed E-state index contributed by atoms with van der Waals surface area (Å²) in [6.45, 7) is 0. The number of nitrogen functional groups attached to an aromatic ring is 1. The molecule has 0 unspecified atom stereocenters. The first-order chi connectivity index (χ1) is 6.75. The second-order valence-electron chi connectivity index (χ2n) is 2.91. The van der Waals surface area contributed by atoms with Crippen molar-refractivity contribution in [1.82, 2.24) is 14.8 Å². The smallest absolute Gasteiger partial charge is 0.133 e. The summed E-state index contributed by atoms with van der Waals surface area (Å²) >= 11 is 0. The van der Waals surface area contributed by atoms with Crippen molar-refractivity contribution in [2.24, 2.45) is 7.05 Å². The molecule has 0 saturated heterocycles. The first-order valence-electron chi connectivity index (χ1n) is 4.23. The third-order valence-corrected chi connectivity index (χ3v) is 1.85. The standard InChI is InChI=1S/C9H11N5/c1-14-9(5-6-11-14)13-8-4-2-3-7(10)12-8/h2-6H,1H3,(H3,10,12,13). The lowest BCUT2D eigenvalue weighted by molar-refractivity contribution is 0.776. The van der Waals surface area contributed by atoms with Gasteiger partial charge >= 0.3 is 0 Å². The van der Waals surface area contributed by atoms with Gasteiger partial charge in [-0.2, -0.15) is 5.10 Å². The van der Waals surface area contributed by atoms with Crippen molar-refractivity contribution in [1.29, 1.82) is 0 Å². The molecule has 0 radical (unpaired) electrons. The molecule has 5 nitrogen and oxygen atoms in total. The van der Waals surface area contributed by atoms with E-state index in [0.29, 0.717) is 11.6 Å². The molecule has 0 aliphatic carbocycles. The van der Waals surface area contributed by atoms with Crippen LogP contribution in [0.2, 0.25) is 0 Å². The Balaban J connectivity index is 2.23. The highest BCUT2D eigenvalue weighted by molar-refractivity contribution is 5.53. The van der Waals surface area contributed by atoms with Crippen LogP contribution in [0.15, 0.2) is 30.5 Å². The summed E-state index contributed by atoms with van der Waals surface area (Å²) in [6, 6.07) is 7.31. The highest BCUT2D eigenvalue weighted by Gasteiger charge is 1.99. The molecule has 2 aromatic rings. The number of rotatable bonds is 2. The fourth-order valence-electron chi connectivity index (χ4n) is 1.15. The molecule has 2 heterocycles. The number of hydrogen-bond acceptors (Lipinski definition) is 4. The van der Waals surface area contributed by atoms with E-state index in [-0.39, 0.29) is 0 Å². The van der Waals surface area contributed by atoms with Gasteiger partial charge in [0.1, 0.15) is 17.5 Å².